The first kappa shape index (κ1) is 17.6. The number of thioether (sulfide) groups is 1. The molecule has 0 radical (unpaired) electrons. The summed E-state index contributed by atoms with van der Waals surface area (Å²) in [7, 11) is -3.33. The van der Waals surface area contributed by atoms with E-state index in [1.165, 1.54) is 0 Å². The highest BCUT2D eigenvalue weighted by Crippen LogP contribution is 2.15. The van der Waals surface area contributed by atoms with Gasteiger partial charge in [-0.25, -0.2) is 13.2 Å². The van der Waals surface area contributed by atoms with Crippen molar-refractivity contribution in [2.75, 3.05) is 34.3 Å². The number of hydrogen-bond acceptors (Lipinski definition) is 4. The minimum absolute atomic E-state index is 0.302. The molecular formula is C13H21N3O3S2. The van der Waals surface area contributed by atoms with E-state index in [-0.39, 0.29) is 6.03 Å². The first-order valence-corrected chi connectivity index (χ1v) is 9.66. The summed E-state index contributed by atoms with van der Waals surface area (Å²) in [6.07, 6.45) is 2.20. The Balaban J connectivity index is 2.43. The standard InChI is InChI=1S/C13H21N3O3S2/c1-3-8-20-9-7-14-13(17)15-11-5-4-6-12(10-11)16-21(2,18)19/h4-6,10,16H,3,7-9H2,1-2H3,(H2,14,15,17). The molecule has 3 N–H and O–H groups in total. The van der Waals surface area contributed by atoms with E-state index >= 15 is 0 Å². The molecule has 0 atom stereocenters. The molecule has 21 heavy (non-hydrogen) atoms. The van der Waals surface area contributed by atoms with Crippen LogP contribution in [0.2, 0.25) is 0 Å². The summed E-state index contributed by atoms with van der Waals surface area (Å²) < 4.78 is 24.7. The number of carbonyl (C=O) groups is 1. The maximum Gasteiger partial charge on any atom is 0.319 e. The lowest BCUT2D eigenvalue weighted by Gasteiger charge is -2.09. The fraction of sp³-hybridized carbons (Fsp3) is 0.462. The Bertz CT molecular complexity index is 562. The number of rotatable bonds is 8. The van der Waals surface area contributed by atoms with Crippen LogP contribution in [0.15, 0.2) is 24.3 Å². The van der Waals surface area contributed by atoms with Crippen LogP contribution >= 0.6 is 11.8 Å². The molecule has 2 amide bonds. The highest BCUT2D eigenvalue weighted by Gasteiger charge is 2.04. The number of sulfonamides is 1. The molecule has 0 aromatic heterocycles. The summed E-state index contributed by atoms with van der Waals surface area (Å²) in [5.41, 5.74) is 0.941. The van der Waals surface area contributed by atoms with Crippen LogP contribution in [-0.4, -0.2) is 38.8 Å². The smallest absolute Gasteiger partial charge is 0.319 e. The van der Waals surface area contributed by atoms with E-state index in [9.17, 15) is 13.2 Å². The zero-order chi connectivity index (χ0) is 15.7. The second kappa shape index (κ2) is 8.78. The number of hydrogen-bond donors (Lipinski definition) is 3. The average molecular weight is 331 g/mol. The molecule has 1 rings (SSSR count). The molecule has 1 aromatic carbocycles. The number of amides is 2. The van der Waals surface area contributed by atoms with Gasteiger partial charge in [0.1, 0.15) is 0 Å². The first-order valence-electron chi connectivity index (χ1n) is 6.61. The largest absolute Gasteiger partial charge is 0.337 e. The molecule has 8 heteroatoms. The molecule has 0 spiro atoms. The van der Waals surface area contributed by atoms with Gasteiger partial charge < -0.3 is 10.6 Å². The van der Waals surface area contributed by atoms with E-state index in [0.717, 1.165) is 24.2 Å². The van der Waals surface area contributed by atoms with Gasteiger partial charge in [0.2, 0.25) is 10.0 Å². The van der Waals surface area contributed by atoms with Crippen molar-refractivity contribution in [3.8, 4) is 0 Å². The summed E-state index contributed by atoms with van der Waals surface area (Å²) in [5, 5.41) is 5.41. The van der Waals surface area contributed by atoms with Gasteiger partial charge in [-0.2, -0.15) is 11.8 Å². The van der Waals surface area contributed by atoms with Crippen LogP contribution in [0, 0.1) is 0 Å². The third-order valence-corrected chi connectivity index (χ3v) is 4.10. The molecule has 1 aromatic rings. The van der Waals surface area contributed by atoms with Gasteiger partial charge >= 0.3 is 6.03 Å². The van der Waals surface area contributed by atoms with E-state index in [1.807, 2.05) is 0 Å². The fourth-order valence-electron chi connectivity index (χ4n) is 1.53. The first-order chi connectivity index (χ1) is 9.90. The summed E-state index contributed by atoms with van der Waals surface area (Å²) in [4.78, 5) is 11.7. The molecule has 0 heterocycles. The Hall–Kier alpha value is -1.41. The summed E-state index contributed by atoms with van der Waals surface area (Å²) in [5.74, 6) is 1.96. The summed E-state index contributed by atoms with van der Waals surface area (Å²) >= 11 is 1.79. The molecule has 6 nitrogen and oxygen atoms in total. The van der Waals surface area contributed by atoms with E-state index in [0.29, 0.717) is 17.9 Å². The highest BCUT2D eigenvalue weighted by atomic mass is 32.2. The van der Waals surface area contributed by atoms with Crippen LogP contribution in [0.4, 0.5) is 16.2 Å². The van der Waals surface area contributed by atoms with Gasteiger partial charge in [-0.1, -0.05) is 13.0 Å². The monoisotopic (exact) mass is 331 g/mol. The number of urea groups is 1. The van der Waals surface area contributed by atoms with Crippen LogP contribution < -0.4 is 15.4 Å². The van der Waals surface area contributed by atoms with E-state index in [4.69, 9.17) is 0 Å². The molecule has 118 valence electrons. The maximum absolute atomic E-state index is 11.7. The molecule has 0 unspecified atom stereocenters. The van der Waals surface area contributed by atoms with Crippen LogP contribution in [-0.2, 0) is 10.0 Å². The topological polar surface area (TPSA) is 87.3 Å². The predicted octanol–water partition coefficient (Wildman–Crippen LogP) is 2.32. The summed E-state index contributed by atoms with van der Waals surface area (Å²) in [6.45, 7) is 2.71. The van der Waals surface area contributed by atoms with Crippen molar-refractivity contribution < 1.29 is 13.2 Å². The zero-order valence-electron chi connectivity index (χ0n) is 12.2. The van der Waals surface area contributed by atoms with Crippen molar-refractivity contribution in [2.24, 2.45) is 0 Å². The maximum atomic E-state index is 11.7. The third-order valence-electron chi connectivity index (χ3n) is 2.30. The van der Waals surface area contributed by atoms with Gasteiger partial charge in [-0.15, -0.1) is 0 Å². The highest BCUT2D eigenvalue weighted by molar-refractivity contribution is 7.99. The molecule has 0 aliphatic rings. The third kappa shape index (κ3) is 8.46. The lowest BCUT2D eigenvalue weighted by molar-refractivity contribution is 0.252. The van der Waals surface area contributed by atoms with Crippen molar-refractivity contribution >= 4 is 39.2 Å². The minimum atomic E-state index is -3.33. The Morgan fingerprint density at radius 2 is 1.95 bits per heavy atom. The Kier molecular flexibility index (Phi) is 7.38. The van der Waals surface area contributed by atoms with E-state index < -0.39 is 10.0 Å². The number of anilines is 2. The average Bonchev–Trinajstić information content (AvgIpc) is 2.37. The second-order valence-corrected chi connectivity index (χ2v) is 7.42. The fourth-order valence-corrected chi connectivity index (χ4v) is 2.83. The van der Waals surface area contributed by atoms with Crippen molar-refractivity contribution in [3.05, 3.63) is 24.3 Å². The summed E-state index contributed by atoms with van der Waals surface area (Å²) in [6, 6.07) is 6.24. The number of benzene rings is 1. The Labute approximate surface area is 130 Å². The van der Waals surface area contributed by atoms with Gasteiger partial charge in [0.15, 0.2) is 0 Å². The molecule has 0 saturated carbocycles. The van der Waals surface area contributed by atoms with Gasteiger partial charge in [0, 0.05) is 18.0 Å². The SMILES string of the molecule is CCCSCCNC(=O)Nc1cccc(NS(C)(=O)=O)c1. The quantitative estimate of drug-likeness (QED) is 0.638. The van der Waals surface area contributed by atoms with Gasteiger partial charge in [0.25, 0.3) is 0 Å². The van der Waals surface area contributed by atoms with Crippen molar-refractivity contribution in [3.63, 3.8) is 0 Å². The number of nitrogens with one attached hydrogen (secondary N) is 3. The van der Waals surface area contributed by atoms with Crippen molar-refractivity contribution in [2.45, 2.75) is 13.3 Å². The molecule has 0 bridgehead atoms. The Morgan fingerprint density at radius 3 is 2.62 bits per heavy atom. The molecule has 0 saturated heterocycles. The van der Waals surface area contributed by atoms with E-state index in [2.05, 4.69) is 22.3 Å². The van der Waals surface area contributed by atoms with Gasteiger partial charge in [-0.05, 0) is 30.4 Å². The lowest BCUT2D eigenvalue weighted by Crippen LogP contribution is -2.30. The normalized spacial score (nSPS) is 11.0. The van der Waals surface area contributed by atoms with E-state index in [1.54, 1.807) is 36.0 Å². The van der Waals surface area contributed by atoms with Gasteiger partial charge in [0.05, 0.1) is 11.9 Å². The second-order valence-electron chi connectivity index (χ2n) is 4.45. The predicted molar refractivity (Wildman–Crippen MR) is 89.5 cm³/mol. The van der Waals surface area contributed by atoms with Crippen LogP contribution in [0.5, 0.6) is 0 Å². The minimum Gasteiger partial charge on any atom is -0.337 e. The molecule has 0 aliphatic heterocycles. The zero-order valence-corrected chi connectivity index (χ0v) is 13.8. The lowest BCUT2D eigenvalue weighted by atomic mass is 10.3. The van der Waals surface area contributed by atoms with Crippen LogP contribution in [0.25, 0.3) is 0 Å². The molecule has 0 aliphatic carbocycles. The number of carbonyl (C=O) groups excluding carboxylic acids is 1. The van der Waals surface area contributed by atoms with Gasteiger partial charge in [-0.3, -0.25) is 4.72 Å². The van der Waals surface area contributed by atoms with Crippen molar-refractivity contribution in [1.29, 1.82) is 0 Å². The van der Waals surface area contributed by atoms with Crippen molar-refractivity contribution in [1.82, 2.24) is 5.32 Å². The molecule has 0 fully saturated rings. The Morgan fingerprint density at radius 1 is 1.24 bits per heavy atom. The molecular weight excluding hydrogens is 310 g/mol. The van der Waals surface area contributed by atoms with Crippen LogP contribution in [0.1, 0.15) is 13.3 Å². The van der Waals surface area contributed by atoms with Crippen LogP contribution in [0.3, 0.4) is 0 Å².